The molecule has 60 valence electrons. The zero-order valence-electron chi connectivity index (χ0n) is 5.53. The first-order valence-corrected chi connectivity index (χ1v) is 3.10. The molecule has 0 saturated heterocycles. The number of nitrogens with two attached hydrogens (primary N) is 1. The monoisotopic (exact) mass is 234 g/mol. The summed E-state index contributed by atoms with van der Waals surface area (Å²) < 4.78 is 0.384. The second-order valence-electron chi connectivity index (χ2n) is 1.78. The lowest BCUT2D eigenvalue weighted by molar-refractivity contribution is 0.0999. The molecule has 1 rings (SSSR count). The molecule has 0 bridgehead atoms. The quantitative estimate of drug-likeness (QED) is 0.723. The molecule has 0 unspecified atom stereocenters. The summed E-state index contributed by atoms with van der Waals surface area (Å²) in [5.41, 5.74) is 5.35. The van der Waals surface area contributed by atoms with Gasteiger partial charge in [-0.15, -0.1) is 17.0 Å². The lowest BCUT2D eigenvalue weighted by Gasteiger charge is -1.91. The van der Waals surface area contributed by atoms with Crippen molar-refractivity contribution in [3.63, 3.8) is 0 Å². The van der Waals surface area contributed by atoms with Gasteiger partial charge in [-0.1, -0.05) is 12.2 Å². The standard InChI is InChI=1S/C6H6N2OS.BrH/c7-5(9)4-2-1-3-8-6(4)10;/h1-3H,(H2,7,9)(H,8,10);1H. The second kappa shape index (κ2) is 4.25. The van der Waals surface area contributed by atoms with E-state index in [0.717, 1.165) is 0 Å². The van der Waals surface area contributed by atoms with Crippen molar-refractivity contribution in [2.45, 2.75) is 0 Å². The van der Waals surface area contributed by atoms with Gasteiger partial charge >= 0.3 is 0 Å². The minimum absolute atomic E-state index is 0. The van der Waals surface area contributed by atoms with Crippen molar-refractivity contribution in [1.82, 2.24) is 4.98 Å². The van der Waals surface area contributed by atoms with Crippen molar-refractivity contribution in [3.8, 4) is 0 Å². The first-order valence-electron chi connectivity index (χ1n) is 2.69. The van der Waals surface area contributed by atoms with Crippen LogP contribution in [-0.4, -0.2) is 10.9 Å². The summed E-state index contributed by atoms with van der Waals surface area (Å²) in [7, 11) is 0. The smallest absolute Gasteiger partial charge is 0.251 e. The van der Waals surface area contributed by atoms with E-state index in [4.69, 9.17) is 18.0 Å². The molecule has 5 heteroatoms. The van der Waals surface area contributed by atoms with Gasteiger partial charge in [-0.25, -0.2) is 0 Å². The Morgan fingerprint density at radius 1 is 1.64 bits per heavy atom. The maximum atomic E-state index is 10.6. The van der Waals surface area contributed by atoms with Gasteiger partial charge < -0.3 is 10.7 Å². The van der Waals surface area contributed by atoms with Crippen LogP contribution in [0.4, 0.5) is 0 Å². The predicted octanol–water partition coefficient (Wildman–Crippen LogP) is 1.42. The third kappa shape index (κ3) is 2.44. The molecule has 0 radical (unpaired) electrons. The summed E-state index contributed by atoms with van der Waals surface area (Å²) in [6.45, 7) is 0. The zero-order chi connectivity index (χ0) is 7.56. The van der Waals surface area contributed by atoms with Crippen molar-refractivity contribution in [1.29, 1.82) is 0 Å². The zero-order valence-corrected chi connectivity index (χ0v) is 8.06. The third-order valence-corrected chi connectivity index (χ3v) is 1.42. The van der Waals surface area contributed by atoms with Gasteiger partial charge in [0.1, 0.15) is 4.64 Å². The third-order valence-electron chi connectivity index (χ3n) is 1.08. The van der Waals surface area contributed by atoms with Gasteiger partial charge in [0.05, 0.1) is 5.56 Å². The Kier molecular flexibility index (Phi) is 3.99. The highest BCUT2D eigenvalue weighted by atomic mass is 79.9. The van der Waals surface area contributed by atoms with Crippen LogP contribution in [0, 0.1) is 4.64 Å². The summed E-state index contributed by atoms with van der Waals surface area (Å²) in [5, 5.41) is 0. The number of nitrogens with one attached hydrogen (secondary N) is 1. The molecule has 0 aliphatic rings. The molecule has 0 aliphatic heterocycles. The van der Waals surface area contributed by atoms with Crippen LogP contribution in [0.5, 0.6) is 0 Å². The molecule has 0 aromatic carbocycles. The highest BCUT2D eigenvalue weighted by molar-refractivity contribution is 8.93. The fourth-order valence-corrected chi connectivity index (χ4v) is 0.852. The Bertz CT molecular complexity index is 309. The van der Waals surface area contributed by atoms with Gasteiger partial charge in [-0.3, -0.25) is 4.79 Å². The lowest BCUT2D eigenvalue weighted by Crippen LogP contribution is -2.11. The van der Waals surface area contributed by atoms with Gasteiger partial charge in [-0.2, -0.15) is 0 Å². The number of H-pyrrole nitrogens is 1. The van der Waals surface area contributed by atoms with E-state index in [9.17, 15) is 4.79 Å². The van der Waals surface area contributed by atoms with Gasteiger partial charge in [-0.05, 0) is 12.1 Å². The first kappa shape index (κ1) is 10.3. The molecular weight excluding hydrogens is 228 g/mol. The summed E-state index contributed by atoms with van der Waals surface area (Å²) in [5.74, 6) is -0.498. The molecule has 0 saturated carbocycles. The number of carbonyl (C=O) groups excluding carboxylic acids is 1. The summed E-state index contributed by atoms with van der Waals surface area (Å²) in [4.78, 5) is 13.3. The SMILES string of the molecule is Br.NC(=O)c1ccc[nH]c1=S. The van der Waals surface area contributed by atoms with E-state index in [-0.39, 0.29) is 17.0 Å². The fraction of sp³-hybridized carbons (Fsp3) is 0. The maximum Gasteiger partial charge on any atom is 0.251 e. The van der Waals surface area contributed by atoms with Crippen molar-refractivity contribution >= 4 is 35.1 Å². The Labute approximate surface area is 79.4 Å². The summed E-state index contributed by atoms with van der Waals surface area (Å²) >= 11 is 4.77. The molecule has 0 aliphatic carbocycles. The Morgan fingerprint density at radius 3 is 2.64 bits per heavy atom. The minimum atomic E-state index is -0.498. The number of aromatic nitrogens is 1. The Morgan fingerprint density at radius 2 is 2.27 bits per heavy atom. The molecule has 0 spiro atoms. The number of halogens is 1. The van der Waals surface area contributed by atoms with E-state index < -0.39 is 5.91 Å². The van der Waals surface area contributed by atoms with Crippen LogP contribution in [0.1, 0.15) is 10.4 Å². The second-order valence-corrected chi connectivity index (χ2v) is 2.19. The number of hydrogen-bond acceptors (Lipinski definition) is 2. The average Bonchev–Trinajstić information content (AvgIpc) is 1.88. The number of amides is 1. The van der Waals surface area contributed by atoms with E-state index in [1.807, 2.05) is 0 Å². The molecule has 1 aromatic rings. The molecular formula is C6H7BrN2OS. The maximum absolute atomic E-state index is 10.6. The highest BCUT2D eigenvalue weighted by Crippen LogP contribution is 1.96. The highest BCUT2D eigenvalue weighted by Gasteiger charge is 1.99. The van der Waals surface area contributed by atoms with Gasteiger partial charge in [0.15, 0.2) is 0 Å². The van der Waals surface area contributed by atoms with E-state index in [1.165, 1.54) is 0 Å². The number of hydrogen-bond donors (Lipinski definition) is 2. The molecule has 1 amide bonds. The van der Waals surface area contributed by atoms with Crippen LogP contribution < -0.4 is 5.73 Å². The molecule has 11 heavy (non-hydrogen) atoms. The van der Waals surface area contributed by atoms with Crippen LogP contribution in [-0.2, 0) is 0 Å². The largest absolute Gasteiger partial charge is 0.366 e. The van der Waals surface area contributed by atoms with Crippen molar-refractivity contribution in [2.24, 2.45) is 5.73 Å². The van der Waals surface area contributed by atoms with E-state index in [1.54, 1.807) is 18.3 Å². The molecule has 1 heterocycles. The first-order chi connectivity index (χ1) is 4.72. The minimum Gasteiger partial charge on any atom is -0.366 e. The normalized spacial score (nSPS) is 8.36. The number of pyridine rings is 1. The van der Waals surface area contributed by atoms with Crippen LogP contribution >= 0.6 is 29.2 Å². The lowest BCUT2D eigenvalue weighted by atomic mass is 10.3. The average molecular weight is 235 g/mol. The van der Waals surface area contributed by atoms with Crippen molar-refractivity contribution in [3.05, 3.63) is 28.5 Å². The molecule has 3 N–H and O–H groups in total. The van der Waals surface area contributed by atoms with E-state index in [0.29, 0.717) is 10.2 Å². The van der Waals surface area contributed by atoms with Crippen LogP contribution in [0.2, 0.25) is 0 Å². The number of carbonyl (C=O) groups is 1. The molecule has 1 aromatic heterocycles. The van der Waals surface area contributed by atoms with E-state index >= 15 is 0 Å². The summed E-state index contributed by atoms with van der Waals surface area (Å²) in [6.07, 6.45) is 1.65. The molecule has 0 atom stereocenters. The Balaban J connectivity index is 0.000001000. The van der Waals surface area contributed by atoms with E-state index in [2.05, 4.69) is 4.98 Å². The number of primary amides is 1. The molecule has 0 fully saturated rings. The fourth-order valence-electron chi connectivity index (χ4n) is 0.616. The van der Waals surface area contributed by atoms with Gasteiger partial charge in [0.25, 0.3) is 5.91 Å². The topological polar surface area (TPSA) is 58.9 Å². The van der Waals surface area contributed by atoms with Crippen LogP contribution in [0.15, 0.2) is 18.3 Å². The van der Waals surface area contributed by atoms with Crippen molar-refractivity contribution < 1.29 is 4.79 Å². The van der Waals surface area contributed by atoms with Crippen molar-refractivity contribution in [2.75, 3.05) is 0 Å². The number of aromatic amines is 1. The van der Waals surface area contributed by atoms with Crippen LogP contribution in [0.25, 0.3) is 0 Å². The molecule has 3 nitrogen and oxygen atoms in total. The van der Waals surface area contributed by atoms with Crippen LogP contribution in [0.3, 0.4) is 0 Å². The predicted molar refractivity (Wildman–Crippen MR) is 50.5 cm³/mol. The van der Waals surface area contributed by atoms with Gasteiger partial charge in [0, 0.05) is 6.20 Å². The van der Waals surface area contributed by atoms with Gasteiger partial charge in [0.2, 0.25) is 0 Å². The summed E-state index contributed by atoms with van der Waals surface area (Å²) in [6, 6.07) is 3.26. The number of rotatable bonds is 1. The Hall–Kier alpha value is -0.680.